The van der Waals surface area contributed by atoms with Gasteiger partial charge in [-0.3, -0.25) is 9.59 Å². The van der Waals surface area contributed by atoms with Gasteiger partial charge < -0.3 is 15.0 Å². The summed E-state index contributed by atoms with van der Waals surface area (Å²) in [6.07, 6.45) is 7.60. The minimum absolute atomic E-state index is 0.0372. The number of nitrogens with one attached hydrogen (secondary N) is 1. The highest BCUT2D eigenvalue weighted by molar-refractivity contribution is 6.30. The highest BCUT2D eigenvalue weighted by Gasteiger charge is 2.32. The maximum absolute atomic E-state index is 12.7. The molecular weight excluding hydrogens is 352 g/mol. The SMILES string of the molecule is O=C(NC1CCOCC1)C1CCCCN1C(=O)/C=C/c1ccc(Cl)cc1. The number of ether oxygens (including phenoxy) is 1. The van der Waals surface area contributed by atoms with E-state index in [2.05, 4.69) is 5.32 Å². The number of rotatable bonds is 4. The van der Waals surface area contributed by atoms with Gasteiger partial charge in [0.25, 0.3) is 0 Å². The Morgan fingerprint density at radius 2 is 1.85 bits per heavy atom. The molecule has 2 fully saturated rings. The lowest BCUT2D eigenvalue weighted by atomic mass is 10.00. The molecular formula is C20H25ClN2O3. The molecule has 2 aliphatic heterocycles. The molecule has 0 saturated carbocycles. The first-order valence-corrected chi connectivity index (χ1v) is 9.63. The Morgan fingerprint density at radius 1 is 1.12 bits per heavy atom. The third-order valence-electron chi connectivity index (χ3n) is 4.94. The maximum atomic E-state index is 12.7. The zero-order valence-electron chi connectivity index (χ0n) is 14.8. The summed E-state index contributed by atoms with van der Waals surface area (Å²) in [5, 5.41) is 3.76. The van der Waals surface area contributed by atoms with Crippen molar-refractivity contribution in [3.63, 3.8) is 0 Å². The number of hydrogen-bond acceptors (Lipinski definition) is 3. The standard InChI is InChI=1S/C20H25ClN2O3/c21-16-7-4-15(5-8-16)6-9-19(24)23-12-2-1-3-18(23)20(25)22-17-10-13-26-14-11-17/h4-9,17-18H,1-3,10-14H2,(H,22,25)/b9-6+. The van der Waals surface area contributed by atoms with Crippen molar-refractivity contribution >= 4 is 29.5 Å². The fourth-order valence-electron chi connectivity index (χ4n) is 3.44. The molecule has 140 valence electrons. The lowest BCUT2D eigenvalue weighted by Crippen LogP contribution is -2.54. The Labute approximate surface area is 159 Å². The minimum Gasteiger partial charge on any atom is -0.381 e. The first-order chi connectivity index (χ1) is 12.6. The summed E-state index contributed by atoms with van der Waals surface area (Å²) in [4.78, 5) is 27.1. The van der Waals surface area contributed by atoms with E-state index < -0.39 is 0 Å². The molecule has 1 aromatic carbocycles. The van der Waals surface area contributed by atoms with Crippen molar-refractivity contribution in [1.82, 2.24) is 10.2 Å². The Hall–Kier alpha value is -1.85. The van der Waals surface area contributed by atoms with Crippen molar-refractivity contribution in [1.29, 1.82) is 0 Å². The van der Waals surface area contributed by atoms with Gasteiger partial charge in [0.15, 0.2) is 0 Å². The number of halogens is 1. The van der Waals surface area contributed by atoms with Crippen LogP contribution in [-0.2, 0) is 14.3 Å². The van der Waals surface area contributed by atoms with Crippen LogP contribution < -0.4 is 5.32 Å². The predicted octanol–water partition coefficient (Wildman–Crippen LogP) is 3.03. The molecule has 1 unspecified atom stereocenters. The Morgan fingerprint density at radius 3 is 2.58 bits per heavy atom. The molecule has 3 rings (SSSR count). The Balaban J connectivity index is 1.62. The zero-order chi connectivity index (χ0) is 18.4. The van der Waals surface area contributed by atoms with Crippen LogP contribution in [0.1, 0.15) is 37.7 Å². The van der Waals surface area contributed by atoms with Gasteiger partial charge in [-0.2, -0.15) is 0 Å². The molecule has 0 bridgehead atoms. The fraction of sp³-hybridized carbons (Fsp3) is 0.500. The molecule has 2 aliphatic rings. The predicted molar refractivity (Wildman–Crippen MR) is 102 cm³/mol. The van der Waals surface area contributed by atoms with Crippen LogP contribution in [0, 0.1) is 0 Å². The normalized spacial score (nSPS) is 21.7. The van der Waals surface area contributed by atoms with Gasteiger partial charge in [-0.05, 0) is 55.9 Å². The maximum Gasteiger partial charge on any atom is 0.247 e. The van der Waals surface area contributed by atoms with Crippen molar-refractivity contribution in [3.05, 3.63) is 40.9 Å². The molecule has 26 heavy (non-hydrogen) atoms. The number of nitrogens with zero attached hydrogens (tertiary/aromatic N) is 1. The second-order valence-corrected chi connectivity index (χ2v) is 7.26. The number of benzene rings is 1. The zero-order valence-corrected chi connectivity index (χ0v) is 15.6. The fourth-order valence-corrected chi connectivity index (χ4v) is 3.57. The van der Waals surface area contributed by atoms with Crippen molar-refractivity contribution in [2.75, 3.05) is 19.8 Å². The highest BCUT2D eigenvalue weighted by Crippen LogP contribution is 2.19. The molecule has 0 aliphatic carbocycles. The first kappa shape index (κ1) is 18.9. The largest absolute Gasteiger partial charge is 0.381 e. The summed E-state index contributed by atoms with van der Waals surface area (Å²) in [5.41, 5.74) is 0.906. The van der Waals surface area contributed by atoms with E-state index in [0.717, 1.165) is 37.7 Å². The van der Waals surface area contributed by atoms with Crippen molar-refractivity contribution in [2.45, 2.75) is 44.2 Å². The number of amides is 2. The molecule has 0 spiro atoms. The van der Waals surface area contributed by atoms with E-state index >= 15 is 0 Å². The van der Waals surface area contributed by atoms with E-state index in [9.17, 15) is 9.59 Å². The molecule has 0 aromatic heterocycles. The van der Waals surface area contributed by atoms with Crippen molar-refractivity contribution in [2.24, 2.45) is 0 Å². The van der Waals surface area contributed by atoms with Gasteiger partial charge in [0.05, 0.1) is 0 Å². The third-order valence-corrected chi connectivity index (χ3v) is 5.20. The van der Waals surface area contributed by atoms with Crippen LogP contribution in [0.5, 0.6) is 0 Å². The molecule has 1 N–H and O–H groups in total. The van der Waals surface area contributed by atoms with Crippen LogP contribution in [0.15, 0.2) is 30.3 Å². The van der Waals surface area contributed by atoms with E-state index in [0.29, 0.717) is 24.8 Å². The van der Waals surface area contributed by atoms with Crippen LogP contribution in [0.25, 0.3) is 6.08 Å². The number of carbonyl (C=O) groups excluding carboxylic acids is 2. The molecule has 1 atom stereocenters. The van der Waals surface area contributed by atoms with Crippen molar-refractivity contribution < 1.29 is 14.3 Å². The van der Waals surface area contributed by atoms with Crippen LogP contribution in [-0.4, -0.2) is 48.6 Å². The van der Waals surface area contributed by atoms with Crippen molar-refractivity contribution in [3.8, 4) is 0 Å². The summed E-state index contributed by atoms with van der Waals surface area (Å²) in [6.45, 7) is 1.99. The molecule has 2 heterocycles. The molecule has 2 amide bonds. The Kier molecular flexibility index (Phi) is 6.69. The first-order valence-electron chi connectivity index (χ1n) is 9.26. The smallest absolute Gasteiger partial charge is 0.247 e. The monoisotopic (exact) mass is 376 g/mol. The summed E-state index contributed by atoms with van der Waals surface area (Å²) < 4.78 is 5.33. The van der Waals surface area contributed by atoms with Crippen LogP contribution >= 0.6 is 11.6 Å². The second kappa shape index (κ2) is 9.19. The number of carbonyl (C=O) groups is 2. The molecule has 1 aromatic rings. The summed E-state index contributed by atoms with van der Waals surface area (Å²) in [7, 11) is 0. The number of piperidine rings is 1. The van der Waals surface area contributed by atoms with Crippen LogP contribution in [0.2, 0.25) is 5.02 Å². The quantitative estimate of drug-likeness (QED) is 0.822. The second-order valence-electron chi connectivity index (χ2n) is 6.82. The van der Waals surface area contributed by atoms with E-state index in [1.165, 1.54) is 0 Å². The lowest BCUT2D eigenvalue weighted by molar-refractivity contribution is -0.139. The van der Waals surface area contributed by atoms with Gasteiger partial charge in [0.2, 0.25) is 11.8 Å². The Bertz CT molecular complexity index is 654. The lowest BCUT2D eigenvalue weighted by Gasteiger charge is -2.35. The van der Waals surface area contributed by atoms with Gasteiger partial charge in [-0.1, -0.05) is 23.7 Å². The summed E-state index contributed by atoms with van der Waals surface area (Å²) in [5.74, 6) is -0.156. The highest BCUT2D eigenvalue weighted by atomic mass is 35.5. The summed E-state index contributed by atoms with van der Waals surface area (Å²) in [6, 6.07) is 7.07. The van der Waals surface area contributed by atoms with E-state index in [1.807, 2.05) is 12.1 Å². The average Bonchev–Trinajstić information content (AvgIpc) is 2.68. The number of hydrogen-bond donors (Lipinski definition) is 1. The van der Waals surface area contributed by atoms with E-state index in [4.69, 9.17) is 16.3 Å². The van der Waals surface area contributed by atoms with E-state index in [-0.39, 0.29) is 23.9 Å². The van der Waals surface area contributed by atoms with Gasteiger partial charge in [0.1, 0.15) is 6.04 Å². The average molecular weight is 377 g/mol. The van der Waals surface area contributed by atoms with Crippen LogP contribution in [0.4, 0.5) is 0 Å². The molecule has 0 radical (unpaired) electrons. The van der Waals surface area contributed by atoms with E-state index in [1.54, 1.807) is 29.2 Å². The molecule has 6 heteroatoms. The van der Waals surface area contributed by atoms with Gasteiger partial charge in [-0.25, -0.2) is 0 Å². The number of likely N-dealkylation sites (tertiary alicyclic amines) is 1. The molecule has 2 saturated heterocycles. The minimum atomic E-state index is -0.381. The van der Waals surface area contributed by atoms with Crippen LogP contribution in [0.3, 0.4) is 0 Å². The topological polar surface area (TPSA) is 58.6 Å². The van der Waals surface area contributed by atoms with Gasteiger partial charge in [-0.15, -0.1) is 0 Å². The summed E-state index contributed by atoms with van der Waals surface area (Å²) >= 11 is 5.88. The molecule has 5 nitrogen and oxygen atoms in total. The third kappa shape index (κ3) is 5.08. The van der Waals surface area contributed by atoms with Gasteiger partial charge in [0, 0.05) is 36.9 Å². The van der Waals surface area contributed by atoms with Gasteiger partial charge >= 0.3 is 0 Å².